The fraction of sp³-hybridized carbons (Fsp3) is 0.333. The van der Waals surface area contributed by atoms with E-state index in [0.717, 1.165) is 48.6 Å². The van der Waals surface area contributed by atoms with Crippen molar-refractivity contribution in [1.29, 1.82) is 0 Å². The van der Waals surface area contributed by atoms with Crippen LogP contribution in [0.4, 0.5) is 5.69 Å². The second-order valence-electron chi connectivity index (χ2n) is 9.18. The molecule has 168 valence electrons. The number of para-hydroxylation sites is 3. The van der Waals surface area contributed by atoms with Gasteiger partial charge in [0, 0.05) is 24.8 Å². The number of carbonyl (C=O) groups is 1. The highest BCUT2D eigenvalue weighted by molar-refractivity contribution is 5.95. The number of aromatic nitrogens is 1. The van der Waals surface area contributed by atoms with Gasteiger partial charge in [0.05, 0.1) is 24.3 Å². The number of amides is 1. The van der Waals surface area contributed by atoms with E-state index >= 15 is 0 Å². The lowest BCUT2D eigenvalue weighted by Gasteiger charge is -2.31. The molecule has 2 aromatic carbocycles. The predicted octanol–water partition coefficient (Wildman–Crippen LogP) is 5.39. The molecule has 1 saturated heterocycles. The molecule has 1 amide bonds. The molecule has 0 saturated carbocycles. The highest BCUT2D eigenvalue weighted by Crippen LogP contribution is 2.34. The highest BCUT2D eigenvalue weighted by Gasteiger charge is 2.32. The number of benzene rings is 2. The first-order valence-electron chi connectivity index (χ1n) is 11.7. The van der Waals surface area contributed by atoms with Crippen LogP contribution in [0.1, 0.15) is 53.3 Å². The minimum absolute atomic E-state index is 0.0275. The molecule has 2 unspecified atom stereocenters. The molecule has 6 rings (SSSR count). The molecule has 2 atom stereocenters. The van der Waals surface area contributed by atoms with Gasteiger partial charge in [-0.15, -0.1) is 0 Å². The quantitative estimate of drug-likeness (QED) is 0.425. The van der Waals surface area contributed by atoms with Gasteiger partial charge in [0.2, 0.25) is 0 Å². The third kappa shape index (κ3) is 3.59. The molecule has 2 aromatic heterocycles. The topological polar surface area (TPSA) is 62.7 Å². The van der Waals surface area contributed by atoms with Gasteiger partial charge in [-0.05, 0) is 56.0 Å². The van der Waals surface area contributed by atoms with E-state index in [1.54, 1.807) is 6.26 Å². The van der Waals surface area contributed by atoms with Crippen molar-refractivity contribution in [2.24, 2.45) is 0 Å². The summed E-state index contributed by atoms with van der Waals surface area (Å²) in [5.74, 6) is 1.59. The highest BCUT2D eigenvalue weighted by atomic mass is 16.3. The zero-order chi connectivity index (χ0) is 22.4. The molecule has 4 heterocycles. The lowest BCUT2D eigenvalue weighted by molar-refractivity contribution is 0.0696. The number of rotatable bonds is 4. The number of anilines is 1. The molecule has 6 nitrogen and oxygen atoms in total. The third-order valence-corrected chi connectivity index (χ3v) is 7.01. The van der Waals surface area contributed by atoms with Gasteiger partial charge in [-0.3, -0.25) is 4.79 Å². The number of nitrogens with zero attached hydrogens (tertiary/aromatic N) is 3. The zero-order valence-electron chi connectivity index (χ0n) is 18.7. The van der Waals surface area contributed by atoms with Crippen LogP contribution in [-0.4, -0.2) is 34.9 Å². The molecule has 1 fully saturated rings. The van der Waals surface area contributed by atoms with E-state index in [4.69, 9.17) is 8.83 Å². The molecule has 4 aromatic rings. The van der Waals surface area contributed by atoms with Crippen LogP contribution in [-0.2, 0) is 13.0 Å². The van der Waals surface area contributed by atoms with E-state index in [9.17, 15) is 4.79 Å². The average molecular weight is 442 g/mol. The standard InChI is InChI=1S/C27H27N3O3/c1-18-15-19-7-2-4-10-23(19)30(18)17-25-21(12-14-32-25)27(31)29-13-6-8-20(16-29)26-28-22-9-3-5-11-24(22)33-26/h2-5,7,9-12,14,18,20H,6,8,13,15-17H2,1H3. The van der Waals surface area contributed by atoms with E-state index in [2.05, 4.69) is 41.1 Å². The summed E-state index contributed by atoms with van der Waals surface area (Å²) in [6.45, 7) is 4.16. The predicted molar refractivity (Wildman–Crippen MR) is 126 cm³/mol. The van der Waals surface area contributed by atoms with Crippen molar-refractivity contribution in [2.45, 2.75) is 44.7 Å². The second kappa shape index (κ2) is 8.10. The van der Waals surface area contributed by atoms with Crippen molar-refractivity contribution in [3.05, 3.63) is 83.6 Å². The Morgan fingerprint density at radius 2 is 1.97 bits per heavy atom. The number of carbonyl (C=O) groups excluding carboxylic acids is 1. The Morgan fingerprint density at radius 1 is 1.12 bits per heavy atom. The van der Waals surface area contributed by atoms with Gasteiger partial charge in [-0.2, -0.15) is 0 Å². The number of oxazole rings is 1. The normalized spacial score (nSPS) is 20.4. The molecular formula is C27H27N3O3. The monoisotopic (exact) mass is 441 g/mol. The summed E-state index contributed by atoms with van der Waals surface area (Å²) < 4.78 is 11.8. The summed E-state index contributed by atoms with van der Waals surface area (Å²) in [6, 6.07) is 18.5. The lowest BCUT2D eigenvalue weighted by Crippen LogP contribution is -2.39. The average Bonchev–Trinajstić information content (AvgIpc) is 3.56. The van der Waals surface area contributed by atoms with Gasteiger partial charge in [0.25, 0.3) is 5.91 Å². The SMILES string of the molecule is CC1Cc2ccccc2N1Cc1occc1C(=O)N1CCCC(c2nc3ccccc3o2)C1. The van der Waals surface area contributed by atoms with E-state index in [1.807, 2.05) is 35.2 Å². The number of piperidine rings is 1. The van der Waals surface area contributed by atoms with Crippen LogP contribution in [0.15, 0.2) is 69.7 Å². The number of likely N-dealkylation sites (tertiary alicyclic amines) is 1. The van der Waals surface area contributed by atoms with E-state index in [0.29, 0.717) is 24.7 Å². The number of hydrogen-bond donors (Lipinski definition) is 0. The summed E-state index contributed by atoms with van der Waals surface area (Å²) in [5, 5.41) is 0. The summed E-state index contributed by atoms with van der Waals surface area (Å²) in [7, 11) is 0. The molecule has 0 aliphatic carbocycles. The van der Waals surface area contributed by atoms with Crippen molar-refractivity contribution in [2.75, 3.05) is 18.0 Å². The van der Waals surface area contributed by atoms with Crippen LogP contribution in [0.5, 0.6) is 0 Å². The fourth-order valence-electron chi connectivity index (χ4n) is 5.28. The van der Waals surface area contributed by atoms with Crippen molar-refractivity contribution >= 4 is 22.7 Å². The van der Waals surface area contributed by atoms with Crippen LogP contribution in [0, 0.1) is 0 Å². The maximum Gasteiger partial charge on any atom is 0.257 e. The van der Waals surface area contributed by atoms with Gasteiger partial charge < -0.3 is 18.6 Å². The molecule has 6 heteroatoms. The Bertz CT molecular complexity index is 1270. The molecule has 33 heavy (non-hydrogen) atoms. The molecular weight excluding hydrogens is 414 g/mol. The Kier molecular flexibility index (Phi) is 4.93. The Balaban J connectivity index is 1.21. The van der Waals surface area contributed by atoms with Crippen molar-refractivity contribution in [3.8, 4) is 0 Å². The molecule has 0 radical (unpaired) electrons. The van der Waals surface area contributed by atoms with Gasteiger partial charge in [0.15, 0.2) is 11.5 Å². The summed E-state index contributed by atoms with van der Waals surface area (Å²) >= 11 is 0. The third-order valence-electron chi connectivity index (χ3n) is 7.01. The van der Waals surface area contributed by atoms with E-state index < -0.39 is 0 Å². The van der Waals surface area contributed by atoms with E-state index in [1.165, 1.54) is 11.3 Å². The molecule has 0 spiro atoms. The van der Waals surface area contributed by atoms with Gasteiger partial charge in [-0.1, -0.05) is 30.3 Å². The van der Waals surface area contributed by atoms with Crippen LogP contribution < -0.4 is 4.90 Å². The maximum absolute atomic E-state index is 13.5. The summed E-state index contributed by atoms with van der Waals surface area (Å²) in [5.41, 5.74) is 4.90. The van der Waals surface area contributed by atoms with Crippen molar-refractivity contribution in [1.82, 2.24) is 9.88 Å². The Morgan fingerprint density at radius 3 is 2.88 bits per heavy atom. The molecule has 2 aliphatic rings. The van der Waals surface area contributed by atoms with Crippen LogP contribution in [0.3, 0.4) is 0 Å². The Labute approximate surface area is 192 Å². The van der Waals surface area contributed by atoms with Crippen molar-refractivity contribution in [3.63, 3.8) is 0 Å². The van der Waals surface area contributed by atoms with Crippen LogP contribution >= 0.6 is 0 Å². The first-order chi connectivity index (χ1) is 16.2. The van der Waals surface area contributed by atoms with E-state index in [-0.39, 0.29) is 11.8 Å². The van der Waals surface area contributed by atoms with Gasteiger partial charge >= 0.3 is 0 Å². The van der Waals surface area contributed by atoms with Crippen LogP contribution in [0.25, 0.3) is 11.1 Å². The fourth-order valence-corrected chi connectivity index (χ4v) is 5.28. The first kappa shape index (κ1) is 20.1. The van der Waals surface area contributed by atoms with Gasteiger partial charge in [-0.25, -0.2) is 4.98 Å². The second-order valence-corrected chi connectivity index (χ2v) is 9.18. The smallest absolute Gasteiger partial charge is 0.257 e. The zero-order valence-corrected chi connectivity index (χ0v) is 18.7. The van der Waals surface area contributed by atoms with Gasteiger partial charge in [0.1, 0.15) is 11.3 Å². The summed E-state index contributed by atoms with van der Waals surface area (Å²) in [4.78, 5) is 22.5. The lowest BCUT2D eigenvalue weighted by atomic mass is 9.97. The number of hydrogen-bond acceptors (Lipinski definition) is 5. The first-order valence-corrected chi connectivity index (χ1v) is 11.7. The molecule has 0 bridgehead atoms. The number of fused-ring (bicyclic) bond motifs is 2. The molecule has 0 N–H and O–H groups in total. The largest absolute Gasteiger partial charge is 0.467 e. The minimum atomic E-state index is 0.0275. The molecule has 2 aliphatic heterocycles. The maximum atomic E-state index is 13.5. The minimum Gasteiger partial charge on any atom is -0.467 e. The van der Waals surface area contributed by atoms with Crippen molar-refractivity contribution < 1.29 is 13.6 Å². The summed E-state index contributed by atoms with van der Waals surface area (Å²) in [6.07, 6.45) is 4.55. The van der Waals surface area contributed by atoms with Crippen LogP contribution in [0.2, 0.25) is 0 Å². The number of furan rings is 1. The Hall–Kier alpha value is -3.54.